The van der Waals surface area contributed by atoms with E-state index in [0.29, 0.717) is 5.82 Å². The minimum Gasteiger partial charge on any atom is -0.346 e. The molecule has 1 aromatic rings. The maximum Gasteiger partial charge on any atom is 0.240 e. The van der Waals surface area contributed by atoms with Gasteiger partial charge in [0.25, 0.3) is 0 Å². The lowest BCUT2D eigenvalue weighted by atomic mass is 9.96. The molecule has 23 heavy (non-hydrogen) atoms. The summed E-state index contributed by atoms with van der Waals surface area (Å²) >= 11 is 0. The minimum absolute atomic E-state index is 0. The van der Waals surface area contributed by atoms with E-state index in [1.54, 1.807) is 0 Å². The monoisotopic (exact) mass is 345 g/mol. The zero-order valence-electron chi connectivity index (χ0n) is 13.3. The van der Waals surface area contributed by atoms with Crippen molar-refractivity contribution in [2.24, 2.45) is 11.7 Å². The number of tetrazole rings is 1. The molecule has 1 aromatic heterocycles. The van der Waals surface area contributed by atoms with E-state index in [0.717, 1.165) is 25.7 Å². The number of nitrogens with one attached hydrogen (secondary N) is 3. The zero-order chi connectivity index (χ0) is 16.2. The number of carbonyl (C=O) groups is 2. The molecular weight excluding hydrogens is 322 g/mol. The fourth-order valence-corrected chi connectivity index (χ4v) is 2.65. The van der Waals surface area contributed by atoms with Crippen molar-refractivity contribution >= 4 is 24.2 Å². The summed E-state index contributed by atoms with van der Waals surface area (Å²) in [6.07, 6.45) is 3.49. The highest BCUT2D eigenvalue weighted by Gasteiger charge is 2.40. The third-order valence-electron chi connectivity index (χ3n) is 4.05. The smallest absolute Gasteiger partial charge is 0.240 e. The SMILES string of the molecule is CC(C)[C@H](N)C(=O)NCC(=O)NC1(c2nn[nH]n2)CCCC1.Cl. The number of nitrogens with zero attached hydrogens (tertiary/aromatic N) is 3. The van der Waals surface area contributed by atoms with Crippen molar-refractivity contribution in [2.75, 3.05) is 6.54 Å². The predicted molar refractivity (Wildman–Crippen MR) is 85.5 cm³/mol. The number of aromatic nitrogens is 4. The van der Waals surface area contributed by atoms with Crippen molar-refractivity contribution in [3.8, 4) is 0 Å². The van der Waals surface area contributed by atoms with Crippen LogP contribution in [-0.2, 0) is 15.1 Å². The Morgan fingerprint density at radius 2 is 2.00 bits per heavy atom. The van der Waals surface area contributed by atoms with Crippen LogP contribution in [0.4, 0.5) is 0 Å². The standard InChI is InChI=1S/C13H23N7O2.ClH/c1-8(2)10(14)11(22)15-7-9(21)16-13(5-3-4-6-13)12-17-19-20-18-12;/h8,10H,3-7,14H2,1-2H3,(H,15,22)(H,16,21)(H,17,18,19,20);1H/t10-;/m0./s1. The number of rotatable bonds is 6. The van der Waals surface area contributed by atoms with Gasteiger partial charge in [-0.15, -0.1) is 22.6 Å². The Morgan fingerprint density at radius 3 is 2.52 bits per heavy atom. The van der Waals surface area contributed by atoms with E-state index in [9.17, 15) is 9.59 Å². The third kappa shape index (κ3) is 4.61. The van der Waals surface area contributed by atoms with E-state index in [1.807, 2.05) is 13.8 Å². The van der Waals surface area contributed by atoms with Crippen LogP contribution in [-0.4, -0.2) is 45.0 Å². The molecule has 10 heteroatoms. The molecule has 9 nitrogen and oxygen atoms in total. The molecule has 0 aromatic carbocycles. The van der Waals surface area contributed by atoms with Crippen LogP contribution < -0.4 is 16.4 Å². The van der Waals surface area contributed by atoms with Gasteiger partial charge in [0.15, 0.2) is 5.82 Å². The molecule has 0 unspecified atom stereocenters. The van der Waals surface area contributed by atoms with E-state index in [-0.39, 0.29) is 36.7 Å². The highest BCUT2D eigenvalue weighted by molar-refractivity contribution is 5.87. The largest absolute Gasteiger partial charge is 0.346 e. The molecule has 2 amide bonds. The summed E-state index contributed by atoms with van der Waals surface area (Å²) in [5.41, 5.74) is 5.15. The second kappa shape index (κ2) is 8.21. The molecule has 1 saturated carbocycles. The molecule has 0 bridgehead atoms. The van der Waals surface area contributed by atoms with Crippen molar-refractivity contribution in [2.45, 2.75) is 51.1 Å². The molecule has 1 atom stereocenters. The van der Waals surface area contributed by atoms with Crippen LogP contribution in [0.25, 0.3) is 0 Å². The first kappa shape index (κ1) is 19.3. The Hall–Kier alpha value is -1.74. The molecule has 1 heterocycles. The second-order valence-electron chi connectivity index (χ2n) is 6.06. The van der Waals surface area contributed by atoms with Crippen LogP contribution in [0.15, 0.2) is 0 Å². The summed E-state index contributed by atoms with van der Waals surface area (Å²) in [5.74, 6) is -0.103. The number of H-pyrrole nitrogens is 1. The van der Waals surface area contributed by atoms with Gasteiger partial charge >= 0.3 is 0 Å². The van der Waals surface area contributed by atoms with Gasteiger partial charge in [-0.05, 0) is 18.8 Å². The molecule has 1 aliphatic carbocycles. The molecule has 0 spiro atoms. The summed E-state index contributed by atoms with van der Waals surface area (Å²) in [6, 6.07) is -0.620. The first-order valence-corrected chi connectivity index (χ1v) is 7.53. The summed E-state index contributed by atoms with van der Waals surface area (Å²) in [5, 5.41) is 19.5. The average Bonchev–Trinajstić information content (AvgIpc) is 3.15. The molecule has 5 N–H and O–H groups in total. The Kier molecular flexibility index (Phi) is 6.89. The van der Waals surface area contributed by atoms with Crippen LogP contribution in [0.3, 0.4) is 0 Å². The van der Waals surface area contributed by atoms with Crippen molar-refractivity contribution in [1.82, 2.24) is 31.3 Å². The van der Waals surface area contributed by atoms with Crippen LogP contribution in [0.1, 0.15) is 45.4 Å². The van der Waals surface area contributed by atoms with Gasteiger partial charge in [0.05, 0.1) is 12.6 Å². The number of carbonyl (C=O) groups excluding carboxylic acids is 2. The van der Waals surface area contributed by atoms with Crippen molar-refractivity contribution in [3.05, 3.63) is 5.82 Å². The number of amides is 2. The lowest BCUT2D eigenvalue weighted by Gasteiger charge is -2.27. The van der Waals surface area contributed by atoms with Gasteiger partial charge in [0.2, 0.25) is 11.8 Å². The zero-order valence-corrected chi connectivity index (χ0v) is 14.2. The molecule has 1 fully saturated rings. The fraction of sp³-hybridized carbons (Fsp3) is 0.769. The Balaban J connectivity index is 0.00000264. The molecule has 130 valence electrons. The lowest BCUT2D eigenvalue weighted by Crippen LogP contribution is -2.51. The van der Waals surface area contributed by atoms with Gasteiger partial charge in [-0.2, -0.15) is 5.21 Å². The van der Waals surface area contributed by atoms with Crippen LogP contribution in [0.2, 0.25) is 0 Å². The minimum atomic E-state index is -0.620. The normalized spacial score (nSPS) is 17.4. The predicted octanol–water partition coefficient (Wildman–Crippen LogP) is -0.393. The van der Waals surface area contributed by atoms with Gasteiger partial charge in [0, 0.05) is 0 Å². The van der Waals surface area contributed by atoms with Gasteiger partial charge in [0.1, 0.15) is 5.54 Å². The lowest BCUT2D eigenvalue weighted by molar-refractivity contribution is -0.128. The van der Waals surface area contributed by atoms with Crippen molar-refractivity contribution < 1.29 is 9.59 Å². The molecule has 0 radical (unpaired) electrons. The van der Waals surface area contributed by atoms with Crippen LogP contribution in [0, 0.1) is 5.92 Å². The first-order valence-electron chi connectivity index (χ1n) is 7.53. The fourth-order valence-electron chi connectivity index (χ4n) is 2.65. The molecule has 1 aliphatic rings. The topological polar surface area (TPSA) is 139 Å². The van der Waals surface area contributed by atoms with E-state index >= 15 is 0 Å². The van der Waals surface area contributed by atoms with E-state index in [2.05, 4.69) is 31.3 Å². The van der Waals surface area contributed by atoms with Gasteiger partial charge < -0.3 is 16.4 Å². The summed E-state index contributed by atoms with van der Waals surface area (Å²) in [4.78, 5) is 23.9. The van der Waals surface area contributed by atoms with E-state index in [4.69, 9.17) is 5.73 Å². The van der Waals surface area contributed by atoms with E-state index in [1.165, 1.54) is 0 Å². The third-order valence-corrected chi connectivity index (χ3v) is 4.05. The maximum absolute atomic E-state index is 12.1. The quantitative estimate of drug-likeness (QED) is 0.553. The van der Waals surface area contributed by atoms with Crippen LogP contribution in [0.5, 0.6) is 0 Å². The van der Waals surface area contributed by atoms with E-state index < -0.39 is 11.6 Å². The summed E-state index contributed by atoms with van der Waals surface area (Å²) < 4.78 is 0. The van der Waals surface area contributed by atoms with Gasteiger partial charge in [-0.25, -0.2) is 0 Å². The Bertz CT molecular complexity index is 514. The molecular formula is C13H24ClN7O2. The van der Waals surface area contributed by atoms with Crippen molar-refractivity contribution in [3.63, 3.8) is 0 Å². The Labute approximate surface area is 140 Å². The van der Waals surface area contributed by atoms with Gasteiger partial charge in [-0.3, -0.25) is 9.59 Å². The average molecular weight is 346 g/mol. The van der Waals surface area contributed by atoms with Gasteiger partial charge in [-0.1, -0.05) is 31.9 Å². The maximum atomic E-state index is 12.1. The number of hydrogen-bond donors (Lipinski definition) is 4. The Morgan fingerprint density at radius 1 is 1.35 bits per heavy atom. The number of aromatic amines is 1. The number of nitrogens with two attached hydrogens (primary N) is 1. The molecule has 0 saturated heterocycles. The number of hydrogen-bond acceptors (Lipinski definition) is 6. The number of halogens is 1. The highest BCUT2D eigenvalue weighted by atomic mass is 35.5. The summed E-state index contributed by atoms with van der Waals surface area (Å²) in [6.45, 7) is 3.60. The van der Waals surface area contributed by atoms with Crippen molar-refractivity contribution in [1.29, 1.82) is 0 Å². The first-order chi connectivity index (χ1) is 10.4. The summed E-state index contributed by atoms with van der Waals surface area (Å²) in [7, 11) is 0. The molecule has 2 rings (SSSR count). The molecule has 0 aliphatic heterocycles. The second-order valence-corrected chi connectivity index (χ2v) is 6.06. The highest BCUT2D eigenvalue weighted by Crippen LogP contribution is 2.36. The van der Waals surface area contributed by atoms with Crippen LogP contribution >= 0.6 is 12.4 Å².